The summed E-state index contributed by atoms with van der Waals surface area (Å²) in [5.74, 6) is 1.48. The van der Waals surface area contributed by atoms with Gasteiger partial charge in [-0.1, -0.05) is 6.92 Å². The molecule has 138 valence electrons. The van der Waals surface area contributed by atoms with E-state index < -0.39 is 0 Å². The van der Waals surface area contributed by atoms with Gasteiger partial charge in [-0.05, 0) is 24.7 Å². The lowest BCUT2D eigenvalue weighted by atomic mass is 10.2. The van der Waals surface area contributed by atoms with Crippen LogP contribution in [0.5, 0.6) is 11.5 Å². The van der Waals surface area contributed by atoms with Gasteiger partial charge in [0.25, 0.3) is 0 Å². The molecule has 1 amide bonds. The molecule has 25 heavy (non-hydrogen) atoms. The van der Waals surface area contributed by atoms with Crippen LogP contribution in [0.15, 0.2) is 23.6 Å². The van der Waals surface area contributed by atoms with Gasteiger partial charge in [-0.15, -0.1) is 36.2 Å². The van der Waals surface area contributed by atoms with Crippen molar-refractivity contribution >= 4 is 42.1 Å². The van der Waals surface area contributed by atoms with E-state index in [0.717, 1.165) is 40.9 Å². The molecule has 0 saturated carbocycles. The number of benzene rings is 1. The van der Waals surface area contributed by atoms with E-state index >= 15 is 0 Å². The molecule has 3 rings (SSSR count). The number of nitrogens with one attached hydrogen (secondary N) is 2. The average molecular weight is 406 g/mol. The van der Waals surface area contributed by atoms with Crippen LogP contribution in [0.25, 0.3) is 10.6 Å². The second kappa shape index (κ2) is 10.5. The molecule has 0 unspecified atom stereocenters. The van der Waals surface area contributed by atoms with Gasteiger partial charge in [0.05, 0.1) is 12.1 Å². The second-order valence-corrected chi connectivity index (χ2v) is 5.95. The number of carbonyl (C=O) groups excluding carboxylic acids is 1. The molecular formula is C16H21Cl2N3O3S. The number of amides is 1. The SMILES string of the molecule is CCNCCNC(=O)Cc1csc(-c2ccc3c(c2)OCO3)n1.Cl.Cl. The highest BCUT2D eigenvalue weighted by molar-refractivity contribution is 7.13. The Bertz CT molecular complexity index is 697. The van der Waals surface area contributed by atoms with Crippen LogP contribution in [0.3, 0.4) is 0 Å². The van der Waals surface area contributed by atoms with Crippen molar-refractivity contribution in [2.45, 2.75) is 13.3 Å². The molecule has 2 aromatic rings. The average Bonchev–Trinajstić information content (AvgIpc) is 3.19. The maximum absolute atomic E-state index is 11.9. The molecule has 0 aliphatic carbocycles. The lowest BCUT2D eigenvalue weighted by Crippen LogP contribution is -2.32. The van der Waals surface area contributed by atoms with Crippen molar-refractivity contribution in [3.63, 3.8) is 0 Å². The van der Waals surface area contributed by atoms with Crippen molar-refractivity contribution in [2.24, 2.45) is 0 Å². The number of hydrogen-bond donors (Lipinski definition) is 2. The van der Waals surface area contributed by atoms with E-state index in [1.54, 1.807) is 0 Å². The normalized spacial score (nSPS) is 11.4. The van der Waals surface area contributed by atoms with Crippen molar-refractivity contribution in [3.05, 3.63) is 29.3 Å². The molecule has 0 spiro atoms. The molecule has 0 fully saturated rings. The largest absolute Gasteiger partial charge is 0.454 e. The van der Waals surface area contributed by atoms with E-state index in [-0.39, 0.29) is 37.5 Å². The zero-order chi connectivity index (χ0) is 16.1. The highest BCUT2D eigenvalue weighted by atomic mass is 35.5. The molecule has 0 bridgehead atoms. The third kappa shape index (κ3) is 5.74. The predicted molar refractivity (Wildman–Crippen MR) is 103 cm³/mol. The number of carbonyl (C=O) groups is 1. The minimum absolute atomic E-state index is 0. The summed E-state index contributed by atoms with van der Waals surface area (Å²) >= 11 is 1.52. The Labute approximate surface area is 163 Å². The van der Waals surface area contributed by atoms with Gasteiger partial charge in [0.15, 0.2) is 11.5 Å². The minimum atomic E-state index is -0.00885. The van der Waals surface area contributed by atoms with Gasteiger partial charge in [0, 0.05) is 24.0 Å². The third-order valence-corrected chi connectivity index (χ3v) is 4.33. The van der Waals surface area contributed by atoms with Gasteiger partial charge in [-0.2, -0.15) is 0 Å². The molecule has 6 nitrogen and oxygen atoms in total. The minimum Gasteiger partial charge on any atom is -0.454 e. The van der Waals surface area contributed by atoms with Gasteiger partial charge in [0.1, 0.15) is 5.01 Å². The number of ether oxygens (including phenoxy) is 2. The van der Waals surface area contributed by atoms with Crippen molar-refractivity contribution < 1.29 is 14.3 Å². The number of fused-ring (bicyclic) bond motifs is 1. The van der Waals surface area contributed by atoms with Crippen molar-refractivity contribution in [1.82, 2.24) is 15.6 Å². The summed E-state index contributed by atoms with van der Waals surface area (Å²) in [4.78, 5) is 16.4. The smallest absolute Gasteiger partial charge is 0.231 e. The fraction of sp³-hybridized carbons (Fsp3) is 0.375. The van der Waals surface area contributed by atoms with Gasteiger partial charge in [0.2, 0.25) is 12.7 Å². The van der Waals surface area contributed by atoms with Gasteiger partial charge in [-0.3, -0.25) is 4.79 Å². The molecule has 9 heteroatoms. The van der Waals surface area contributed by atoms with Crippen molar-refractivity contribution in [2.75, 3.05) is 26.4 Å². The molecule has 0 saturated heterocycles. The second-order valence-electron chi connectivity index (χ2n) is 5.09. The number of halogens is 2. The molecular weight excluding hydrogens is 385 g/mol. The Morgan fingerprint density at radius 3 is 2.84 bits per heavy atom. The van der Waals surface area contributed by atoms with Gasteiger partial charge < -0.3 is 20.1 Å². The first kappa shape index (κ1) is 21.5. The van der Waals surface area contributed by atoms with Crippen LogP contribution in [0.2, 0.25) is 0 Å². The fourth-order valence-electron chi connectivity index (χ4n) is 2.24. The number of rotatable bonds is 7. The Balaban J connectivity index is 0.00000156. The molecule has 0 atom stereocenters. The van der Waals surface area contributed by atoms with Crippen LogP contribution in [0.4, 0.5) is 0 Å². The first-order valence-corrected chi connectivity index (χ1v) is 8.46. The van der Waals surface area contributed by atoms with Crippen LogP contribution >= 0.6 is 36.2 Å². The van der Waals surface area contributed by atoms with Crippen LogP contribution < -0.4 is 20.1 Å². The summed E-state index contributed by atoms with van der Waals surface area (Å²) in [5.41, 5.74) is 1.75. The van der Waals surface area contributed by atoms with E-state index in [4.69, 9.17) is 9.47 Å². The van der Waals surface area contributed by atoms with Crippen LogP contribution in [-0.2, 0) is 11.2 Å². The van der Waals surface area contributed by atoms with E-state index in [9.17, 15) is 4.79 Å². The first-order valence-electron chi connectivity index (χ1n) is 7.58. The number of aromatic nitrogens is 1. The maximum Gasteiger partial charge on any atom is 0.231 e. The Hall–Kier alpha value is -1.54. The molecule has 2 N–H and O–H groups in total. The molecule has 1 aromatic carbocycles. The van der Waals surface area contributed by atoms with Gasteiger partial charge in [-0.25, -0.2) is 4.98 Å². The zero-order valence-electron chi connectivity index (χ0n) is 13.7. The standard InChI is InChI=1S/C16H19N3O3S.2ClH/c1-2-17-5-6-18-15(20)8-12-9-23-16(19-12)11-3-4-13-14(7-11)22-10-21-13;;/h3-4,7,9,17H,2,5-6,8,10H2,1H3,(H,18,20);2*1H. The first-order chi connectivity index (χ1) is 11.3. The van der Waals surface area contributed by atoms with Crippen LogP contribution in [-0.4, -0.2) is 37.3 Å². The lowest BCUT2D eigenvalue weighted by Gasteiger charge is -2.04. The zero-order valence-corrected chi connectivity index (χ0v) is 16.2. The van der Waals surface area contributed by atoms with E-state index in [1.807, 2.05) is 30.5 Å². The summed E-state index contributed by atoms with van der Waals surface area (Å²) in [6.45, 7) is 4.61. The topological polar surface area (TPSA) is 72.5 Å². The highest BCUT2D eigenvalue weighted by Gasteiger charge is 2.15. The summed E-state index contributed by atoms with van der Waals surface area (Å²) < 4.78 is 10.7. The predicted octanol–water partition coefficient (Wildman–Crippen LogP) is 2.65. The van der Waals surface area contributed by atoms with E-state index in [1.165, 1.54) is 11.3 Å². The van der Waals surface area contributed by atoms with Crippen molar-refractivity contribution in [1.29, 1.82) is 0 Å². The third-order valence-electron chi connectivity index (χ3n) is 3.39. The quantitative estimate of drug-likeness (QED) is 0.692. The number of nitrogens with zero attached hydrogens (tertiary/aromatic N) is 1. The van der Waals surface area contributed by atoms with E-state index in [0.29, 0.717) is 13.0 Å². The molecule has 1 aliphatic rings. The lowest BCUT2D eigenvalue weighted by molar-refractivity contribution is -0.120. The Morgan fingerprint density at radius 2 is 2.04 bits per heavy atom. The summed E-state index contributed by atoms with van der Waals surface area (Å²) in [5, 5.41) is 8.83. The van der Waals surface area contributed by atoms with Crippen LogP contribution in [0, 0.1) is 0 Å². The monoisotopic (exact) mass is 405 g/mol. The number of thiazole rings is 1. The Morgan fingerprint density at radius 1 is 1.24 bits per heavy atom. The molecule has 0 radical (unpaired) electrons. The maximum atomic E-state index is 11.9. The highest BCUT2D eigenvalue weighted by Crippen LogP contribution is 2.36. The molecule has 2 heterocycles. The Kier molecular flexibility index (Phi) is 8.99. The fourth-order valence-corrected chi connectivity index (χ4v) is 3.06. The van der Waals surface area contributed by atoms with Crippen LogP contribution in [0.1, 0.15) is 12.6 Å². The molecule has 1 aliphatic heterocycles. The summed E-state index contributed by atoms with van der Waals surface area (Å²) in [7, 11) is 0. The van der Waals surface area contributed by atoms with E-state index in [2.05, 4.69) is 15.6 Å². The number of hydrogen-bond acceptors (Lipinski definition) is 6. The summed E-state index contributed by atoms with van der Waals surface area (Å²) in [6, 6.07) is 5.75. The molecule has 1 aromatic heterocycles. The number of likely N-dealkylation sites (N-methyl/N-ethyl adjacent to an activating group) is 1. The van der Waals surface area contributed by atoms with Gasteiger partial charge >= 0.3 is 0 Å². The summed E-state index contributed by atoms with van der Waals surface area (Å²) in [6.07, 6.45) is 0.299. The van der Waals surface area contributed by atoms with Crippen molar-refractivity contribution in [3.8, 4) is 22.1 Å².